The molecule has 1 aliphatic rings. The standard InChI is InChI=1S/C11H14N4O5/c1-20-11-9(15(18)19)10(12-6-13-11)14(5-8(16)17)4-7-2-3-7/h6-7H,2-5H2,1H3,(H,16,17). The van der Waals surface area contributed by atoms with Gasteiger partial charge in [-0.05, 0) is 18.8 Å². The molecule has 20 heavy (non-hydrogen) atoms. The highest BCUT2D eigenvalue weighted by atomic mass is 16.6. The second kappa shape index (κ2) is 5.68. The quantitative estimate of drug-likeness (QED) is 0.573. The monoisotopic (exact) mass is 282 g/mol. The van der Waals surface area contributed by atoms with Gasteiger partial charge in [0.25, 0.3) is 5.88 Å². The number of aliphatic carboxylic acids is 1. The van der Waals surface area contributed by atoms with Crippen molar-refractivity contribution in [2.45, 2.75) is 12.8 Å². The molecule has 0 bridgehead atoms. The Morgan fingerprint density at radius 3 is 2.80 bits per heavy atom. The summed E-state index contributed by atoms with van der Waals surface area (Å²) in [7, 11) is 1.27. The maximum atomic E-state index is 11.2. The molecule has 0 radical (unpaired) electrons. The summed E-state index contributed by atoms with van der Waals surface area (Å²) < 4.78 is 4.86. The molecule has 1 aliphatic carbocycles. The molecule has 108 valence electrons. The fourth-order valence-electron chi connectivity index (χ4n) is 1.90. The molecular formula is C11H14N4O5. The molecular weight excluding hydrogens is 268 g/mol. The third kappa shape index (κ3) is 3.11. The number of ether oxygens (including phenoxy) is 1. The van der Waals surface area contributed by atoms with Crippen LogP contribution in [-0.4, -0.2) is 46.2 Å². The van der Waals surface area contributed by atoms with E-state index in [0.29, 0.717) is 12.5 Å². The molecule has 9 nitrogen and oxygen atoms in total. The Morgan fingerprint density at radius 1 is 1.60 bits per heavy atom. The highest BCUT2D eigenvalue weighted by Gasteiger charge is 2.32. The fourth-order valence-corrected chi connectivity index (χ4v) is 1.90. The van der Waals surface area contributed by atoms with Crippen LogP contribution in [0.4, 0.5) is 11.5 Å². The number of carboxylic acids is 1. The summed E-state index contributed by atoms with van der Waals surface area (Å²) >= 11 is 0. The summed E-state index contributed by atoms with van der Waals surface area (Å²) in [5.74, 6) is -0.908. The Morgan fingerprint density at radius 2 is 2.30 bits per heavy atom. The molecule has 1 N–H and O–H groups in total. The van der Waals surface area contributed by atoms with Crippen molar-refractivity contribution < 1.29 is 19.6 Å². The molecule has 0 saturated heterocycles. The van der Waals surface area contributed by atoms with Crippen LogP contribution >= 0.6 is 0 Å². The Balaban J connectivity index is 2.39. The van der Waals surface area contributed by atoms with Crippen LogP contribution in [0.15, 0.2) is 6.33 Å². The molecule has 0 atom stereocenters. The van der Waals surface area contributed by atoms with E-state index in [9.17, 15) is 14.9 Å². The van der Waals surface area contributed by atoms with Gasteiger partial charge in [-0.1, -0.05) is 0 Å². The number of hydrogen-bond donors (Lipinski definition) is 1. The SMILES string of the molecule is COc1ncnc(N(CC(=O)O)CC2CC2)c1[N+](=O)[O-]. The summed E-state index contributed by atoms with van der Waals surface area (Å²) in [6, 6.07) is 0. The van der Waals surface area contributed by atoms with E-state index in [-0.39, 0.29) is 18.2 Å². The van der Waals surface area contributed by atoms with Gasteiger partial charge in [-0.3, -0.25) is 14.9 Å². The zero-order valence-electron chi connectivity index (χ0n) is 10.9. The van der Waals surface area contributed by atoms with Crippen molar-refractivity contribution in [2.24, 2.45) is 5.92 Å². The highest BCUT2D eigenvalue weighted by molar-refractivity contribution is 5.75. The van der Waals surface area contributed by atoms with Crippen LogP contribution in [0.5, 0.6) is 5.88 Å². The third-order valence-corrected chi connectivity index (χ3v) is 2.95. The van der Waals surface area contributed by atoms with Crippen molar-refractivity contribution in [3.8, 4) is 5.88 Å². The van der Waals surface area contributed by atoms with E-state index in [2.05, 4.69) is 9.97 Å². The molecule has 1 fully saturated rings. The smallest absolute Gasteiger partial charge is 0.372 e. The van der Waals surface area contributed by atoms with E-state index in [1.165, 1.54) is 12.0 Å². The first-order valence-corrected chi connectivity index (χ1v) is 6.03. The largest absolute Gasteiger partial charge is 0.480 e. The minimum atomic E-state index is -1.07. The maximum absolute atomic E-state index is 11.2. The second-order valence-corrected chi connectivity index (χ2v) is 4.53. The fraction of sp³-hybridized carbons (Fsp3) is 0.545. The molecule has 0 unspecified atom stereocenters. The molecule has 9 heteroatoms. The minimum absolute atomic E-state index is 0.0175. The topological polar surface area (TPSA) is 119 Å². The molecule has 2 rings (SSSR count). The first kappa shape index (κ1) is 14.0. The molecule has 0 aliphatic heterocycles. The first-order chi connectivity index (χ1) is 9.52. The highest BCUT2D eigenvalue weighted by Crippen LogP contribution is 2.36. The average molecular weight is 282 g/mol. The number of methoxy groups -OCH3 is 1. The molecule has 1 aromatic heterocycles. The van der Waals surface area contributed by atoms with Gasteiger partial charge < -0.3 is 14.7 Å². The Labute approximate surface area is 114 Å². The van der Waals surface area contributed by atoms with Gasteiger partial charge in [-0.2, -0.15) is 4.98 Å². The van der Waals surface area contributed by atoms with E-state index in [4.69, 9.17) is 9.84 Å². The number of hydrogen-bond acceptors (Lipinski definition) is 7. The molecule has 0 spiro atoms. The number of aromatic nitrogens is 2. The summed E-state index contributed by atoms with van der Waals surface area (Å²) in [5, 5.41) is 20.1. The minimum Gasteiger partial charge on any atom is -0.480 e. The lowest BCUT2D eigenvalue weighted by atomic mass is 10.3. The first-order valence-electron chi connectivity index (χ1n) is 6.03. The van der Waals surface area contributed by atoms with Gasteiger partial charge in [0.1, 0.15) is 12.9 Å². The summed E-state index contributed by atoms with van der Waals surface area (Å²) in [6.07, 6.45) is 3.11. The molecule has 1 heterocycles. The number of nitro groups is 1. The zero-order valence-corrected chi connectivity index (χ0v) is 10.9. The van der Waals surface area contributed by atoms with E-state index < -0.39 is 16.6 Å². The zero-order chi connectivity index (χ0) is 14.7. The average Bonchev–Trinajstić information content (AvgIpc) is 3.20. The summed E-state index contributed by atoms with van der Waals surface area (Å²) in [6.45, 7) is 0.0742. The number of carboxylic acid groups (broad SMARTS) is 1. The van der Waals surface area contributed by atoms with Crippen LogP contribution in [0.3, 0.4) is 0 Å². The van der Waals surface area contributed by atoms with Gasteiger partial charge in [0.2, 0.25) is 5.82 Å². The van der Waals surface area contributed by atoms with Crippen LogP contribution in [0.2, 0.25) is 0 Å². The molecule has 0 amide bonds. The van der Waals surface area contributed by atoms with Gasteiger partial charge in [-0.25, -0.2) is 4.98 Å². The van der Waals surface area contributed by atoms with Crippen molar-refractivity contribution in [2.75, 3.05) is 25.1 Å². The van der Waals surface area contributed by atoms with E-state index in [0.717, 1.165) is 19.2 Å². The van der Waals surface area contributed by atoms with Crippen molar-refractivity contribution in [1.82, 2.24) is 9.97 Å². The van der Waals surface area contributed by atoms with E-state index in [1.807, 2.05) is 0 Å². The van der Waals surface area contributed by atoms with Crippen molar-refractivity contribution >= 4 is 17.5 Å². The predicted molar refractivity (Wildman–Crippen MR) is 67.8 cm³/mol. The predicted octanol–water partition coefficient (Wildman–Crippen LogP) is 0.694. The van der Waals surface area contributed by atoms with Crippen LogP contribution < -0.4 is 9.64 Å². The number of rotatable bonds is 7. The van der Waals surface area contributed by atoms with Crippen LogP contribution in [0.25, 0.3) is 0 Å². The second-order valence-electron chi connectivity index (χ2n) is 4.53. The lowest BCUT2D eigenvalue weighted by Gasteiger charge is -2.21. The molecule has 1 saturated carbocycles. The van der Waals surface area contributed by atoms with Gasteiger partial charge in [0.05, 0.1) is 12.0 Å². The Kier molecular flexibility index (Phi) is 3.97. The number of anilines is 1. The lowest BCUT2D eigenvalue weighted by molar-refractivity contribution is -0.385. The molecule has 1 aromatic rings. The summed E-state index contributed by atoms with van der Waals surface area (Å²) in [5.41, 5.74) is -0.406. The Hall–Kier alpha value is -2.45. The van der Waals surface area contributed by atoms with Gasteiger partial charge in [0.15, 0.2) is 0 Å². The normalized spacial score (nSPS) is 13.8. The molecule has 0 aromatic carbocycles. The third-order valence-electron chi connectivity index (χ3n) is 2.95. The van der Waals surface area contributed by atoms with Crippen molar-refractivity contribution in [3.63, 3.8) is 0 Å². The van der Waals surface area contributed by atoms with Gasteiger partial charge in [-0.15, -0.1) is 0 Å². The van der Waals surface area contributed by atoms with Crippen molar-refractivity contribution in [3.05, 3.63) is 16.4 Å². The van der Waals surface area contributed by atoms with Crippen LogP contribution in [0, 0.1) is 16.0 Å². The Bertz CT molecular complexity index is 532. The lowest BCUT2D eigenvalue weighted by Crippen LogP contribution is -2.33. The van der Waals surface area contributed by atoms with Gasteiger partial charge in [0, 0.05) is 6.54 Å². The van der Waals surface area contributed by atoms with Crippen molar-refractivity contribution in [1.29, 1.82) is 0 Å². The number of carbonyl (C=O) groups is 1. The van der Waals surface area contributed by atoms with Crippen LogP contribution in [-0.2, 0) is 4.79 Å². The maximum Gasteiger partial charge on any atom is 0.372 e. The van der Waals surface area contributed by atoms with Crippen LogP contribution in [0.1, 0.15) is 12.8 Å². The summed E-state index contributed by atoms with van der Waals surface area (Å²) in [4.78, 5) is 30.4. The number of nitrogens with zero attached hydrogens (tertiary/aromatic N) is 4. The van der Waals surface area contributed by atoms with E-state index >= 15 is 0 Å². The van der Waals surface area contributed by atoms with Gasteiger partial charge >= 0.3 is 11.7 Å². The van der Waals surface area contributed by atoms with E-state index in [1.54, 1.807) is 0 Å².